The molecular weight excluding hydrogens is 568 g/mol. The van der Waals surface area contributed by atoms with E-state index in [4.69, 9.17) is 0 Å². The largest absolute Gasteiger partial charge is 0.417 e. The van der Waals surface area contributed by atoms with Crippen LogP contribution in [0.2, 0.25) is 0 Å². The minimum absolute atomic E-state index is 0.0317. The second kappa shape index (κ2) is 6.98. The zero-order valence-electron chi connectivity index (χ0n) is 10.9. The predicted molar refractivity (Wildman–Crippen MR) is 92.4 cm³/mol. The third kappa shape index (κ3) is 4.47. The highest BCUT2D eigenvalue weighted by atomic mass is 127. The monoisotopic (exact) mass is 574 g/mol. The van der Waals surface area contributed by atoms with Crippen molar-refractivity contribution in [3.63, 3.8) is 0 Å². The highest BCUT2D eigenvalue weighted by molar-refractivity contribution is 14.1. The predicted octanol–water partition coefficient (Wildman–Crippen LogP) is 7.08. The first-order chi connectivity index (χ1) is 10.5. The molecule has 0 amide bonds. The summed E-state index contributed by atoms with van der Waals surface area (Å²) in [5, 5.41) is 0. The number of halogens is 8. The van der Waals surface area contributed by atoms with Crippen LogP contribution in [0.25, 0.3) is 0 Å². The molecule has 0 saturated heterocycles. The minimum Gasteiger partial charge on any atom is -0.166 e. The molecule has 2 aromatic rings. The van der Waals surface area contributed by atoms with Crippen LogP contribution in [0, 0.1) is 7.14 Å². The number of alkyl halides is 6. The maximum absolute atomic E-state index is 12.9. The van der Waals surface area contributed by atoms with Crippen molar-refractivity contribution in [3.8, 4) is 0 Å². The lowest BCUT2D eigenvalue weighted by Gasteiger charge is -2.15. The second-order valence-corrected chi connectivity index (χ2v) is 7.57. The number of hydrogen-bond acceptors (Lipinski definition) is 1. The summed E-state index contributed by atoms with van der Waals surface area (Å²) in [6.45, 7) is 0. The van der Waals surface area contributed by atoms with Crippen molar-refractivity contribution >= 4 is 56.9 Å². The van der Waals surface area contributed by atoms with Gasteiger partial charge < -0.3 is 0 Å². The van der Waals surface area contributed by atoms with Crippen molar-refractivity contribution in [1.82, 2.24) is 0 Å². The van der Waals surface area contributed by atoms with Gasteiger partial charge in [-0.05, 0) is 69.4 Å². The van der Waals surface area contributed by atoms with Gasteiger partial charge >= 0.3 is 12.4 Å². The van der Waals surface area contributed by atoms with E-state index in [-0.39, 0.29) is 16.9 Å². The van der Waals surface area contributed by atoms with Crippen LogP contribution in [0.4, 0.5) is 26.3 Å². The lowest BCUT2D eigenvalue weighted by Crippen LogP contribution is -2.09. The van der Waals surface area contributed by atoms with E-state index in [0.717, 1.165) is 23.9 Å². The molecule has 0 unspecified atom stereocenters. The molecule has 2 rings (SSSR count). The first kappa shape index (κ1) is 19.2. The van der Waals surface area contributed by atoms with Crippen LogP contribution in [0.5, 0.6) is 0 Å². The third-order valence-electron chi connectivity index (χ3n) is 2.76. The summed E-state index contributed by atoms with van der Waals surface area (Å²) in [4.78, 5) is 0.523. The van der Waals surface area contributed by atoms with Gasteiger partial charge in [-0.25, -0.2) is 0 Å². The van der Waals surface area contributed by atoms with Gasteiger partial charge in [-0.1, -0.05) is 23.9 Å². The molecule has 0 atom stereocenters. The van der Waals surface area contributed by atoms with Crippen LogP contribution in [0.1, 0.15) is 11.1 Å². The van der Waals surface area contributed by atoms with E-state index in [0.29, 0.717) is 0 Å². The topological polar surface area (TPSA) is 0 Å². The van der Waals surface area contributed by atoms with Gasteiger partial charge in [-0.2, -0.15) is 26.3 Å². The van der Waals surface area contributed by atoms with Crippen LogP contribution in [0.15, 0.2) is 46.2 Å². The molecule has 124 valence electrons. The molecule has 9 heteroatoms. The van der Waals surface area contributed by atoms with E-state index < -0.39 is 23.5 Å². The zero-order valence-corrected chi connectivity index (χ0v) is 16.0. The summed E-state index contributed by atoms with van der Waals surface area (Å²) < 4.78 is 77.4. The van der Waals surface area contributed by atoms with Gasteiger partial charge in [0, 0.05) is 16.9 Å². The highest BCUT2D eigenvalue weighted by Crippen LogP contribution is 2.42. The fraction of sp³-hybridized carbons (Fsp3) is 0.143. The molecule has 0 aromatic heterocycles. The van der Waals surface area contributed by atoms with E-state index in [9.17, 15) is 26.3 Å². The zero-order chi connectivity index (χ0) is 17.4. The minimum atomic E-state index is -4.51. The van der Waals surface area contributed by atoms with Crippen molar-refractivity contribution in [2.75, 3.05) is 0 Å². The molecule has 0 bridgehead atoms. The standard InChI is InChI=1S/C14H6F6I2S/c15-13(16,17)7-3-1-5-9(11(7)21)23-10-6-2-4-8(12(10)22)14(18,19)20/h1-6H. The van der Waals surface area contributed by atoms with Gasteiger partial charge in [-0.3, -0.25) is 0 Å². The molecule has 0 heterocycles. The van der Waals surface area contributed by atoms with Crippen LogP contribution < -0.4 is 0 Å². The Labute approximate surface area is 159 Å². The fourth-order valence-corrected chi connectivity index (χ4v) is 4.66. The van der Waals surface area contributed by atoms with Crippen molar-refractivity contribution in [1.29, 1.82) is 0 Å². The van der Waals surface area contributed by atoms with Crippen LogP contribution in [0.3, 0.4) is 0 Å². The maximum Gasteiger partial charge on any atom is 0.417 e. The number of benzene rings is 2. The number of hydrogen-bond donors (Lipinski definition) is 0. The molecule has 23 heavy (non-hydrogen) atoms. The van der Waals surface area contributed by atoms with Crippen LogP contribution in [-0.4, -0.2) is 0 Å². The van der Waals surface area contributed by atoms with Crippen molar-refractivity contribution < 1.29 is 26.3 Å². The third-order valence-corrected chi connectivity index (χ3v) is 6.93. The van der Waals surface area contributed by atoms with Crippen LogP contribution >= 0.6 is 56.9 Å². The summed E-state index contributed by atoms with van der Waals surface area (Å²) >= 11 is 4.01. The van der Waals surface area contributed by atoms with E-state index in [1.807, 2.05) is 0 Å². The normalized spacial score (nSPS) is 12.5. The number of rotatable bonds is 2. The Kier molecular flexibility index (Phi) is 5.82. The van der Waals surface area contributed by atoms with Gasteiger partial charge in [0.2, 0.25) is 0 Å². The van der Waals surface area contributed by atoms with Crippen molar-refractivity contribution in [2.24, 2.45) is 0 Å². The molecule has 0 aliphatic rings. The van der Waals surface area contributed by atoms with Crippen molar-refractivity contribution in [2.45, 2.75) is 22.1 Å². The molecule has 0 radical (unpaired) electrons. The van der Waals surface area contributed by atoms with Gasteiger partial charge in [0.05, 0.1) is 11.1 Å². The van der Waals surface area contributed by atoms with E-state index >= 15 is 0 Å². The average molecular weight is 574 g/mol. The molecule has 0 N–H and O–H groups in total. The summed E-state index contributed by atoms with van der Waals surface area (Å²) in [5.74, 6) is 0. The quantitative estimate of drug-likeness (QED) is 0.273. The highest BCUT2D eigenvalue weighted by Gasteiger charge is 2.35. The SMILES string of the molecule is FC(F)(F)c1cccc(Sc2cccc(C(F)(F)F)c2I)c1I. The average Bonchev–Trinajstić information content (AvgIpc) is 2.40. The Morgan fingerprint density at radius 3 is 1.30 bits per heavy atom. The van der Waals surface area contributed by atoms with E-state index in [1.54, 1.807) is 45.2 Å². The first-order valence-corrected chi connectivity index (χ1v) is 8.88. The van der Waals surface area contributed by atoms with E-state index in [1.165, 1.54) is 24.3 Å². The second-order valence-electron chi connectivity index (χ2n) is 4.33. The molecule has 0 spiro atoms. The van der Waals surface area contributed by atoms with Crippen molar-refractivity contribution in [3.05, 3.63) is 54.7 Å². The first-order valence-electron chi connectivity index (χ1n) is 5.91. The molecule has 0 aliphatic carbocycles. The van der Waals surface area contributed by atoms with Crippen LogP contribution in [-0.2, 0) is 12.4 Å². The van der Waals surface area contributed by atoms with Gasteiger partial charge in [0.15, 0.2) is 0 Å². The Morgan fingerprint density at radius 1 is 0.652 bits per heavy atom. The molecule has 0 nitrogen and oxygen atoms in total. The van der Waals surface area contributed by atoms with Gasteiger partial charge in [0.1, 0.15) is 0 Å². The molecule has 0 fully saturated rings. The molecule has 0 saturated carbocycles. The Balaban J connectivity index is 2.46. The summed E-state index contributed by atoms with van der Waals surface area (Å²) in [6.07, 6.45) is -9.01. The summed E-state index contributed by atoms with van der Waals surface area (Å²) in [7, 11) is 0. The summed E-state index contributed by atoms with van der Waals surface area (Å²) in [6, 6.07) is 7.30. The lowest BCUT2D eigenvalue weighted by molar-refractivity contribution is -0.139. The Morgan fingerprint density at radius 2 is 1.00 bits per heavy atom. The van der Waals surface area contributed by atoms with Gasteiger partial charge in [0.25, 0.3) is 0 Å². The Hall–Kier alpha value is -0.170. The molecule has 0 aliphatic heterocycles. The Bertz CT molecular complexity index is 663. The fourth-order valence-electron chi connectivity index (χ4n) is 1.74. The molecular formula is C14H6F6I2S. The smallest absolute Gasteiger partial charge is 0.166 e. The van der Waals surface area contributed by atoms with Gasteiger partial charge in [-0.15, -0.1) is 0 Å². The lowest BCUT2D eigenvalue weighted by atomic mass is 10.2. The maximum atomic E-state index is 12.9. The van der Waals surface area contributed by atoms with E-state index in [2.05, 4.69) is 0 Å². The molecule has 2 aromatic carbocycles. The summed E-state index contributed by atoms with van der Waals surface area (Å²) in [5.41, 5.74) is -1.60.